The number of carboxylic acids is 2. The quantitative estimate of drug-likeness (QED) is 0.676. The molecule has 0 aliphatic carbocycles. The van der Waals surface area contributed by atoms with Gasteiger partial charge in [-0.05, 0) is 36.4 Å². The van der Waals surface area contributed by atoms with Crippen LogP contribution in [0.5, 0.6) is 0 Å². The Kier molecular flexibility index (Phi) is 4.86. The van der Waals surface area contributed by atoms with Crippen molar-refractivity contribution in [2.45, 2.75) is 14.7 Å². The van der Waals surface area contributed by atoms with Gasteiger partial charge in [-0.3, -0.25) is 0 Å². The van der Waals surface area contributed by atoms with Crippen molar-refractivity contribution < 1.29 is 19.8 Å². The predicted octanol–water partition coefficient (Wildman–Crippen LogP) is 4.18. The number of hydrogen-bond donors (Lipinski definition) is 2. The van der Waals surface area contributed by atoms with Crippen molar-refractivity contribution in [3.63, 3.8) is 0 Å². The van der Waals surface area contributed by atoms with Gasteiger partial charge in [-0.1, -0.05) is 42.5 Å². The minimum atomic E-state index is -1.03. The maximum Gasteiger partial charge on any atom is 0.340 e. The molecule has 3 rings (SSSR count). The molecule has 0 radical (unpaired) electrons. The van der Waals surface area contributed by atoms with Crippen molar-refractivity contribution in [2.24, 2.45) is 0 Å². The van der Waals surface area contributed by atoms with Gasteiger partial charge in [0.05, 0.1) is 0 Å². The van der Waals surface area contributed by atoms with Gasteiger partial charge < -0.3 is 10.2 Å². The highest BCUT2D eigenvalue weighted by atomic mass is 32.2. The Bertz CT molecular complexity index is 864. The summed E-state index contributed by atoms with van der Waals surface area (Å²) >= 11 is 0. The summed E-state index contributed by atoms with van der Waals surface area (Å²) in [6.45, 7) is 0. The molecule has 0 amide bonds. The van der Waals surface area contributed by atoms with Gasteiger partial charge >= 0.3 is 11.9 Å². The SMILES string of the molecule is O=C(O)c1ccccc1[S+](c1ccccc1)c1ccccc1C(=O)O. The van der Waals surface area contributed by atoms with Gasteiger partial charge in [-0.15, -0.1) is 0 Å². The lowest BCUT2D eigenvalue weighted by molar-refractivity contribution is 0.0683. The third kappa shape index (κ3) is 3.41. The molecule has 5 heteroatoms. The molecular weight excluding hydrogens is 336 g/mol. The van der Waals surface area contributed by atoms with Crippen molar-refractivity contribution in [1.29, 1.82) is 0 Å². The van der Waals surface area contributed by atoms with E-state index in [1.807, 2.05) is 30.3 Å². The van der Waals surface area contributed by atoms with Crippen LogP contribution in [0.2, 0.25) is 0 Å². The largest absolute Gasteiger partial charge is 0.478 e. The standard InChI is InChI=1S/C20H14O4S/c21-19(22)15-10-4-6-12-17(15)25(14-8-2-1-3-9-14)18-13-7-5-11-16(18)20(23)24/h1-13H,(H-,21,22,23,24)/p+1. The summed E-state index contributed by atoms with van der Waals surface area (Å²) in [5.74, 6) is -2.06. The fourth-order valence-corrected chi connectivity index (χ4v) is 4.93. The van der Waals surface area contributed by atoms with Crippen LogP contribution < -0.4 is 0 Å². The van der Waals surface area contributed by atoms with Crippen LogP contribution in [0.15, 0.2) is 93.5 Å². The summed E-state index contributed by atoms with van der Waals surface area (Å²) in [5, 5.41) is 19.1. The van der Waals surface area contributed by atoms with Crippen molar-refractivity contribution >= 4 is 22.8 Å². The first-order valence-corrected chi connectivity index (χ1v) is 8.76. The normalized spacial score (nSPS) is 10.6. The third-order valence-electron chi connectivity index (χ3n) is 3.65. The van der Waals surface area contributed by atoms with Gasteiger partial charge in [0, 0.05) is 0 Å². The van der Waals surface area contributed by atoms with E-state index < -0.39 is 22.8 Å². The Morgan fingerprint density at radius 1 is 0.600 bits per heavy atom. The molecule has 25 heavy (non-hydrogen) atoms. The number of carboxylic acid groups (broad SMARTS) is 2. The highest BCUT2D eigenvalue weighted by Gasteiger charge is 2.36. The van der Waals surface area contributed by atoms with Crippen molar-refractivity contribution in [1.82, 2.24) is 0 Å². The maximum atomic E-state index is 11.7. The summed E-state index contributed by atoms with van der Waals surface area (Å²) in [7, 11) is -0.841. The molecule has 3 aromatic carbocycles. The van der Waals surface area contributed by atoms with Crippen LogP contribution in [0, 0.1) is 0 Å². The van der Waals surface area contributed by atoms with E-state index in [0.717, 1.165) is 4.90 Å². The van der Waals surface area contributed by atoms with Crippen LogP contribution in [-0.4, -0.2) is 22.2 Å². The van der Waals surface area contributed by atoms with Gasteiger partial charge in [0.1, 0.15) is 22.0 Å². The first-order valence-electron chi connectivity index (χ1n) is 7.53. The smallest absolute Gasteiger partial charge is 0.340 e. The van der Waals surface area contributed by atoms with Crippen LogP contribution in [0.3, 0.4) is 0 Å². The molecule has 0 aliphatic heterocycles. The first kappa shape index (κ1) is 16.8. The lowest BCUT2D eigenvalue weighted by Gasteiger charge is -2.11. The predicted molar refractivity (Wildman–Crippen MR) is 95.4 cm³/mol. The molecule has 0 spiro atoms. The van der Waals surface area contributed by atoms with Gasteiger partial charge in [0.15, 0.2) is 14.7 Å². The number of carbonyl (C=O) groups is 2. The molecule has 0 bridgehead atoms. The van der Waals surface area contributed by atoms with Gasteiger partial charge in [0.2, 0.25) is 0 Å². The van der Waals surface area contributed by atoms with E-state index in [-0.39, 0.29) is 11.1 Å². The molecule has 124 valence electrons. The van der Waals surface area contributed by atoms with Gasteiger partial charge in [0.25, 0.3) is 0 Å². The number of benzene rings is 3. The highest BCUT2D eigenvalue weighted by molar-refractivity contribution is 7.97. The monoisotopic (exact) mass is 351 g/mol. The number of rotatable bonds is 5. The van der Waals surface area contributed by atoms with E-state index >= 15 is 0 Å². The summed E-state index contributed by atoms with van der Waals surface area (Å²) in [6, 6.07) is 22.8. The molecule has 0 aliphatic rings. The molecule has 3 aromatic rings. The molecule has 0 heterocycles. The van der Waals surface area contributed by atoms with Gasteiger partial charge in [-0.2, -0.15) is 0 Å². The fraction of sp³-hybridized carbons (Fsp3) is 0. The minimum absolute atomic E-state index is 0.176. The zero-order valence-electron chi connectivity index (χ0n) is 13.1. The van der Waals surface area contributed by atoms with E-state index in [4.69, 9.17) is 0 Å². The summed E-state index contributed by atoms with van der Waals surface area (Å²) in [5.41, 5.74) is 0.352. The number of aromatic carboxylic acids is 2. The molecule has 0 saturated carbocycles. The Morgan fingerprint density at radius 3 is 1.44 bits per heavy atom. The lowest BCUT2D eigenvalue weighted by Crippen LogP contribution is -2.14. The van der Waals surface area contributed by atoms with E-state index in [0.29, 0.717) is 9.79 Å². The van der Waals surface area contributed by atoms with Crippen molar-refractivity contribution in [3.05, 3.63) is 90.0 Å². The molecule has 0 fully saturated rings. The Labute approximate surface area is 147 Å². The van der Waals surface area contributed by atoms with E-state index in [2.05, 4.69) is 0 Å². The van der Waals surface area contributed by atoms with E-state index in [1.54, 1.807) is 48.5 Å². The van der Waals surface area contributed by atoms with Crippen LogP contribution in [0.25, 0.3) is 0 Å². The van der Waals surface area contributed by atoms with Crippen LogP contribution >= 0.6 is 0 Å². The highest BCUT2D eigenvalue weighted by Crippen LogP contribution is 2.35. The molecule has 2 N–H and O–H groups in total. The minimum Gasteiger partial charge on any atom is -0.478 e. The second kappa shape index (κ2) is 7.23. The molecule has 0 atom stereocenters. The summed E-state index contributed by atoms with van der Waals surface area (Å²) in [6.07, 6.45) is 0. The first-order chi connectivity index (χ1) is 12.1. The average Bonchev–Trinajstić information content (AvgIpc) is 2.63. The van der Waals surface area contributed by atoms with E-state index in [1.165, 1.54) is 0 Å². The van der Waals surface area contributed by atoms with Crippen molar-refractivity contribution in [2.75, 3.05) is 0 Å². The molecule has 0 unspecified atom stereocenters. The fourth-order valence-electron chi connectivity index (χ4n) is 2.57. The second-order valence-electron chi connectivity index (χ2n) is 5.22. The van der Waals surface area contributed by atoms with Gasteiger partial charge in [-0.25, -0.2) is 9.59 Å². The van der Waals surface area contributed by atoms with Crippen LogP contribution in [-0.2, 0) is 10.9 Å². The average molecular weight is 351 g/mol. The Balaban J connectivity index is 2.30. The van der Waals surface area contributed by atoms with E-state index in [9.17, 15) is 19.8 Å². The molecule has 0 aromatic heterocycles. The lowest BCUT2D eigenvalue weighted by atomic mass is 10.2. The summed E-state index contributed by atoms with van der Waals surface area (Å²) < 4.78 is 0. The molecular formula is C20H15O4S+. The third-order valence-corrected chi connectivity index (χ3v) is 5.99. The Hall–Kier alpha value is -3.05. The Morgan fingerprint density at radius 2 is 1.00 bits per heavy atom. The van der Waals surface area contributed by atoms with Crippen LogP contribution in [0.4, 0.5) is 0 Å². The maximum absolute atomic E-state index is 11.7. The van der Waals surface area contributed by atoms with Crippen LogP contribution in [0.1, 0.15) is 20.7 Å². The molecule has 0 saturated heterocycles. The topological polar surface area (TPSA) is 74.6 Å². The zero-order valence-corrected chi connectivity index (χ0v) is 13.9. The number of hydrogen-bond acceptors (Lipinski definition) is 2. The summed E-state index contributed by atoms with van der Waals surface area (Å²) in [4.78, 5) is 25.4. The molecule has 4 nitrogen and oxygen atoms in total. The second-order valence-corrected chi connectivity index (χ2v) is 7.19. The zero-order chi connectivity index (χ0) is 17.8. The van der Waals surface area contributed by atoms with Crippen molar-refractivity contribution in [3.8, 4) is 0 Å².